The third kappa shape index (κ3) is 4.21. The Hall–Kier alpha value is -2.80. The highest BCUT2D eigenvalue weighted by molar-refractivity contribution is 8.00. The van der Waals surface area contributed by atoms with E-state index in [1.54, 1.807) is 7.11 Å². The molecule has 2 aromatic carbocycles. The molecule has 1 aliphatic rings. The van der Waals surface area contributed by atoms with E-state index >= 15 is 0 Å². The first-order valence-corrected chi connectivity index (χ1v) is 11.0. The Kier molecular flexibility index (Phi) is 6.08. The molecule has 2 unspecified atom stereocenters. The number of aryl methyl sites for hydroxylation is 1. The van der Waals surface area contributed by atoms with Gasteiger partial charge in [0.05, 0.1) is 18.4 Å². The van der Waals surface area contributed by atoms with Crippen LogP contribution in [0.2, 0.25) is 0 Å². The van der Waals surface area contributed by atoms with Crippen molar-refractivity contribution in [2.75, 3.05) is 7.11 Å². The number of carbonyl (C=O) groups is 1. The SMILES string of the molecule is COc1ccc(-c2nnc(SC(C)C(=O)NC3CCCc4ccccc43)n2C)cc1. The summed E-state index contributed by atoms with van der Waals surface area (Å²) >= 11 is 1.42. The maximum atomic E-state index is 12.9. The summed E-state index contributed by atoms with van der Waals surface area (Å²) in [5, 5.41) is 12.3. The van der Waals surface area contributed by atoms with Crippen molar-refractivity contribution in [3.05, 3.63) is 59.7 Å². The minimum Gasteiger partial charge on any atom is -0.497 e. The molecule has 0 aliphatic heterocycles. The van der Waals surface area contributed by atoms with Gasteiger partial charge in [-0.05, 0) is 61.6 Å². The molecule has 0 saturated heterocycles. The zero-order valence-corrected chi connectivity index (χ0v) is 18.3. The van der Waals surface area contributed by atoms with E-state index in [1.165, 1.54) is 22.9 Å². The van der Waals surface area contributed by atoms with Crippen LogP contribution in [0.4, 0.5) is 0 Å². The molecule has 1 N–H and O–H groups in total. The second-order valence-electron chi connectivity index (χ2n) is 7.51. The van der Waals surface area contributed by atoms with Crippen LogP contribution >= 0.6 is 11.8 Å². The van der Waals surface area contributed by atoms with Crippen LogP contribution in [0.1, 0.15) is 36.9 Å². The second kappa shape index (κ2) is 8.92. The van der Waals surface area contributed by atoms with E-state index in [0.29, 0.717) is 5.16 Å². The Morgan fingerprint density at radius 3 is 2.73 bits per heavy atom. The third-order valence-electron chi connectivity index (χ3n) is 5.52. The van der Waals surface area contributed by atoms with Gasteiger partial charge in [0, 0.05) is 12.6 Å². The number of hydrogen-bond acceptors (Lipinski definition) is 5. The molecule has 0 bridgehead atoms. The number of amides is 1. The smallest absolute Gasteiger partial charge is 0.233 e. The normalized spacial score (nSPS) is 16.6. The molecular formula is C23H26N4O2S. The summed E-state index contributed by atoms with van der Waals surface area (Å²) in [6.45, 7) is 1.91. The standard InChI is InChI=1S/C23H26N4O2S/c1-15(22(28)24-20-10-6-8-16-7-4-5-9-19(16)20)30-23-26-25-21(27(23)2)17-11-13-18(29-3)14-12-17/h4-5,7,9,11-15,20H,6,8,10H2,1-3H3,(H,24,28). The third-order valence-corrected chi connectivity index (χ3v) is 6.65. The molecule has 2 atom stereocenters. The van der Waals surface area contributed by atoms with Gasteiger partial charge in [0.25, 0.3) is 0 Å². The average molecular weight is 423 g/mol. The summed E-state index contributed by atoms with van der Waals surface area (Å²) in [4.78, 5) is 12.9. The molecule has 3 aromatic rings. The average Bonchev–Trinajstić information content (AvgIpc) is 3.14. The topological polar surface area (TPSA) is 69.0 Å². The van der Waals surface area contributed by atoms with Gasteiger partial charge in [-0.25, -0.2) is 0 Å². The van der Waals surface area contributed by atoms with E-state index in [4.69, 9.17) is 4.74 Å². The monoisotopic (exact) mass is 422 g/mol. The fourth-order valence-electron chi connectivity index (χ4n) is 3.81. The molecule has 30 heavy (non-hydrogen) atoms. The van der Waals surface area contributed by atoms with Crippen molar-refractivity contribution in [1.82, 2.24) is 20.1 Å². The molecule has 6 nitrogen and oxygen atoms in total. The van der Waals surface area contributed by atoms with Gasteiger partial charge in [0.1, 0.15) is 5.75 Å². The van der Waals surface area contributed by atoms with Gasteiger partial charge < -0.3 is 14.6 Å². The first kappa shape index (κ1) is 20.5. The lowest BCUT2D eigenvalue weighted by Crippen LogP contribution is -2.36. The largest absolute Gasteiger partial charge is 0.497 e. The minimum absolute atomic E-state index is 0.0238. The van der Waals surface area contributed by atoms with Crippen LogP contribution < -0.4 is 10.1 Å². The van der Waals surface area contributed by atoms with E-state index < -0.39 is 0 Å². The number of thioether (sulfide) groups is 1. The number of fused-ring (bicyclic) bond motifs is 1. The maximum absolute atomic E-state index is 12.9. The lowest BCUT2D eigenvalue weighted by Gasteiger charge is -2.27. The molecule has 0 spiro atoms. The number of nitrogens with one attached hydrogen (secondary N) is 1. The Bertz CT molecular complexity index is 1030. The number of aromatic nitrogens is 3. The molecule has 1 amide bonds. The molecule has 0 saturated carbocycles. The number of benzene rings is 2. The Labute approximate surface area is 181 Å². The Morgan fingerprint density at radius 2 is 1.97 bits per heavy atom. The van der Waals surface area contributed by atoms with Crippen molar-refractivity contribution < 1.29 is 9.53 Å². The van der Waals surface area contributed by atoms with E-state index in [9.17, 15) is 4.79 Å². The van der Waals surface area contributed by atoms with Crippen molar-refractivity contribution >= 4 is 17.7 Å². The first-order chi connectivity index (χ1) is 14.6. The molecule has 4 rings (SSSR count). The molecule has 1 aromatic heterocycles. The van der Waals surface area contributed by atoms with E-state index in [2.05, 4.69) is 33.7 Å². The molecule has 156 valence electrons. The van der Waals surface area contributed by atoms with Crippen molar-refractivity contribution in [3.8, 4) is 17.1 Å². The Balaban J connectivity index is 1.43. The van der Waals surface area contributed by atoms with Gasteiger partial charge in [0.15, 0.2) is 11.0 Å². The first-order valence-electron chi connectivity index (χ1n) is 10.2. The highest BCUT2D eigenvalue weighted by Gasteiger charge is 2.25. The van der Waals surface area contributed by atoms with Gasteiger partial charge in [-0.3, -0.25) is 4.79 Å². The molecule has 0 radical (unpaired) electrons. The molecule has 0 fully saturated rings. The minimum atomic E-state index is -0.272. The predicted octanol–water partition coefficient (Wildman–Crippen LogP) is 4.17. The van der Waals surface area contributed by atoms with E-state index in [1.807, 2.05) is 48.9 Å². The van der Waals surface area contributed by atoms with Crippen molar-refractivity contribution in [2.45, 2.75) is 42.6 Å². The number of methoxy groups -OCH3 is 1. The summed E-state index contributed by atoms with van der Waals surface area (Å²) in [6, 6.07) is 16.2. The number of nitrogens with zero attached hydrogens (tertiary/aromatic N) is 3. The summed E-state index contributed by atoms with van der Waals surface area (Å²) in [6.07, 6.45) is 3.16. The number of carbonyl (C=O) groups excluding carboxylic acids is 1. The summed E-state index contributed by atoms with van der Waals surface area (Å²) in [5.74, 6) is 1.58. The van der Waals surface area contributed by atoms with Gasteiger partial charge in [0.2, 0.25) is 5.91 Å². The van der Waals surface area contributed by atoms with Gasteiger partial charge in [-0.15, -0.1) is 10.2 Å². The zero-order valence-electron chi connectivity index (χ0n) is 17.5. The van der Waals surface area contributed by atoms with Crippen molar-refractivity contribution in [1.29, 1.82) is 0 Å². The highest BCUT2D eigenvalue weighted by atomic mass is 32.2. The van der Waals surface area contributed by atoms with Gasteiger partial charge >= 0.3 is 0 Å². The number of ether oxygens (including phenoxy) is 1. The van der Waals surface area contributed by atoms with Gasteiger partial charge in [-0.1, -0.05) is 36.0 Å². The maximum Gasteiger partial charge on any atom is 0.233 e. The lowest BCUT2D eigenvalue weighted by atomic mass is 9.88. The van der Waals surface area contributed by atoms with E-state index in [0.717, 1.165) is 36.4 Å². The number of hydrogen-bond donors (Lipinski definition) is 1. The van der Waals surface area contributed by atoms with Crippen LogP contribution in [0.3, 0.4) is 0 Å². The van der Waals surface area contributed by atoms with Crippen LogP contribution in [0.5, 0.6) is 5.75 Å². The molecule has 1 heterocycles. The van der Waals surface area contributed by atoms with Gasteiger partial charge in [-0.2, -0.15) is 0 Å². The summed E-state index contributed by atoms with van der Waals surface area (Å²) in [7, 11) is 3.56. The lowest BCUT2D eigenvalue weighted by molar-refractivity contribution is -0.121. The quantitative estimate of drug-likeness (QED) is 0.604. The zero-order chi connectivity index (χ0) is 21.1. The molecule has 7 heteroatoms. The fourth-order valence-corrected chi connectivity index (χ4v) is 4.64. The predicted molar refractivity (Wildman–Crippen MR) is 119 cm³/mol. The van der Waals surface area contributed by atoms with Crippen LogP contribution in [-0.2, 0) is 18.3 Å². The second-order valence-corrected chi connectivity index (χ2v) is 8.81. The van der Waals surface area contributed by atoms with Crippen LogP contribution in [-0.4, -0.2) is 33.0 Å². The summed E-state index contributed by atoms with van der Waals surface area (Å²) in [5.41, 5.74) is 3.54. The highest BCUT2D eigenvalue weighted by Crippen LogP contribution is 2.31. The summed E-state index contributed by atoms with van der Waals surface area (Å²) < 4.78 is 7.14. The van der Waals surface area contributed by atoms with Crippen molar-refractivity contribution in [2.24, 2.45) is 7.05 Å². The Morgan fingerprint density at radius 1 is 1.20 bits per heavy atom. The fraction of sp³-hybridized carbons (Fsp3) is 0.348. The van der Waals surface area contributed by atoms with Crippen LogP contribution in [0.25, 0.3) is 11.4 Å². The molecular weight excluding hydrogens is 396 g/mol. The van der Waals surface area contributed by atoms with Crippen LogP contribution in [0.15, 0.2) is 53.7 Å². The molecule has 1 aliphatic carbocycles. The van der Waals surface area contributed by atoms with Crippen LogP contribution in [0, 0.1) is 0 Å². The number of rotatable bonds is 6. The van der Waals surface area contributed by atoms with E-state index in [-0.39, 0.29) is 17.2 Å². The van der Waals surface area contributed by atoms with Crippen molar-refractivity contribution in [3.63, 3.8) is 0 Å².